The van der Waals surface area contributed by atoms with Gasteiger partial charge in [-0.1, -0.05) is 194 Å². The van der Waals surface area contributed by atoms with Crippen molar-refractivity contribution in [3.05, 3.63) is 0 Å². The van der Waals surface area contributed by atoms with Gasteiger partial charge in [0.2, 0.25) is 5.91 Å². The van der Waals surface area contributed by atoms with Crippen LogP contribution in [0.1, 0.15) is 240 Å². The van der Waals surface area contributed by atoms with Crippen molar-refractivity contribution >= 4 is 23.9 Å². The molecule has 0 rings (SSSR count). The van der Waals surface area contributed by atoms with E-state index in [1.54, 1.807) is 20.8 Å². The van der Waals surface area contributed by atoms with Crippen molar-refractivity contribution in [2.75, 3.05) is 32.8 Å². The molecule has 0 atom stereocenters. The van der Waals surface area contributed by atoms with E-state index in [2.05, 4.69) is 19.2 Å². The predicted molar refractivity (Wildman–Crippen MR) is 232 cm³/mol. The molecule has 0 unspecified atom stereocenters. The molecule has 0 saturated heterocycles. The zero-order chi connectivity index (χ0) is 41.4. The Balaban J connectivity index is 4.20. The monoisotopic (exact) mass is 795 g/mol. The highest BCUT2D eigenvalue weighted by Crippen LogP contribution is 2.16. The summed E-state index contributed by atoms with van der Waals surface area (Å²) in [4.78, 5) is 51.4. The number of rotatable bonds is 40. The third kappa shape index (κ3) is 39.9. The van der Waals surface area contributed by atoms with Crippen LogP contribution >= 0.6 is 0 Å². The van der Waals surface area contributed by atoms with E-state index in [-0.39, 0.29) is 50.7 Å². The molecule has 0 spiro atoms. The van der Waals surface area contributed by atoms with Gasteiger partial charge >= 0.3 is 18.0 Å². The van der Waals surface area contributed by atoms with Gasteiger partial charge in [0.25, 0.3) is 0 Å². The normalized spacial score (nSPS) is 11.4. The minimum absolute atomic E-state index is 0.0445. The molecule has 0 aromatic rings. The van der Waals surface area contributed by atoms with E-state index < -0.39 is 11.7 Å². The maximum Gasteiger partial charge on any atom is 0.408 e. The van der Waals surface area contributed by atoms with Crippen molar-refractivity contribution in [2.24, 2.45) is 0 Å². The largest absolute Gasteiger partial charge is 0.464 e. The molecule has 0 saturated carbocycles. The van der Waals surface area contributed by atoms with Gasteiger partial charge in [-0.3, -0.25) is 14.4 Å². The van der Waals surface area contributed by atoms with Crippen LogP contribution in [-0.4, -0.2) is 67.3 Å². The molecule has 9 nitrogen and oxygen atoms in total. The fourth-order valence-electron chi connectivity index (χ4n) is 6.90. The van der Waals surface area contributed by atoms with Crippen LogP contribution in [0.15, 0.2) is 0 Å². The lowest BCUT2D eigenvalue weighted by atomic mass is 10.0. The molecule has 9 heteroatoms. The van der Waals surface area contributed by atoms with Gasteiger partial charge in [0.05, 0.1) is 13.1 Å². The number of hydrogen-bond donors (Lipinski definition) is 1. The topological polar surface area (TPSA) is 111 Å². The number of nitrogens with one attached hydrogen (secondary N) is 1. The average molecular weight is 795 g/mol. The standard InChI is InChI=1S/C47H90N2O7/c1-6-8-10-12-14-16-18-20-22-24-26-28-30-32-34-36-44(51)54-40-38-49(43(50)42-48-46(53)56-47(3,4)5)39-41-55-45(52)37-35-33-31-29-27-25-23-21-19-17-15-13-11-9-7-2/h6-42H2,1-5H3,(H,48,53). The number of alkyl carbamates (subject to hydrolysis) is 1. The van der Waals surface area contributed by atoms with Crippen molar-refractivity contribution in [1.29, 1.82) is 0 Å². The van der Waals surface area contributed by atoms with E-state index in [0.29, 0.717) is 12.8 Å². The van der Waals surface area contributed by atoms with Crippen LogP contribution in [0.2, 0.25) is 0 Å². The molecule has 0 heterocycles. The van der Waals surface area contributed by atoms with Gasteiger partial charge in [-0.15, -0.1) is 0 Å². The lowest BCUT2D eigenvalue weighted by Crippen LogP contribution is -2.44. The molecule has 0 radical (unpaired) electrons. The highest BCUT2D eigenvalue weighted by molar-refractivity contribution is 5.82. The number of carbonyl (C=O) groups excluding carboxylic acids is 4. The van der Waals surface area contributed by atoms with Crippen LogP contribution in [0.4, 0.5) is 4.79 Å². The summed E-state index contributed by atoms with van der Waals surface area (Å²) in [5.74, 6) is -0.907. The molecule has 0 bridgehead atoms. The molecular formula is C47H90N2O7. The Morgan fingerprint density at radius 3 is 1.02 bits per heavy atom. The molecule has 0 aliphatic heterocycles. The predicted octanol–water partition coefficient (Wildman–Crippen LogP) is 12.9. The summed E-state index contributed by atoms with van der Waals surface area (Å²) >= 11 is 0. The second-order valence-electron chi connectivity index (χ2n) is 17.1. The SMILES string of the molecule is CCCCCCCCCCCCCCCCCC(=O)OCCN(CCOC(=O)CCCCCCCCCCCCCCCCC)C(=O)CNC(=O)OC(C)(C)C. The Labute approximate surface area is 345 Å². The molecule has 2 amide bonds. The summed E-state index contributed by atoms with van der Waals surface area (Å²) in [6, 6.07) is 0. The van der Waals surface area contributed by atoms with E-state index in [1.165, 1.54) is 159 Å². The first-order valence-corrected chi connectivity index (χ1v) is 23.6. The molecule has 0 aliphatic rings. The summed E-state index contributed by atoms with van der Waals surface area (Å²) in [5.41, 5.74) is -0.686. The lowest BCUT2D eigenvalue weighted by molar-refractivity contribution is -0.147. The molecule has 56 heavy (non-hydrogen) atoms. The second-order valence-corrected chi connectivity index (χ2v) is 17.1. The zero-order valence-corrected chi connectivity index (χ0v) is 37.5. The van der Waals surface area contributed by atoms with Crippen LogP contribution < -0.4 is 5.32 Å². The minimum Gasteiger partial charge on any atom is -0.464 e. The molecular weight excluding hydrogens is 705 g/mol. The van der Waals surface area contributed by atoms with Gasteiger partial charge in [0.15, 0.2) is 0 Å². The Kier molecular flexibility index (Phi) is 37.9. The average Bonchev–Trinajstić information content (AvgIpc) is 3.15. The van der Waals surface area contributed by atoms with Gasteiger partial charge in [-0.05, 0) is 33.6 Å². The van der Waals surface area contributed by atoms with Gasteiger partial charge in [-0.2, -0.15) is 0 Å². The second kappa shape index (κ2) is 39.5. The van der Waals surface area contributed by atoms with E-state index in [4.69, 9.17) is 14.2 Å². The van der Waals surface area contributed by atoms with Crippen molar-refractivity contribution in [1.82, 2.24) is 10.2 Å². The van der Waals surface area contributed by atoms with Gasteiger partial charge in [0, 0.05) is 12.8 Å². The molecule has 1 N–H and O–H groups in total. The summed E-state index contributed by atoms with van der Waals surface area (Å²) in [6.45, 7) is 9.90. The van der Waals surface area contributed by atoms with E-state index >= 15 is 0 Å². The molecule has 0 aliphatic carbocycles. The number of ether oxygens (including phenoxy) is 3. The van der Waals surface area contributed by atoms with Crippen LogP contribution in [0.3, 0.4) is 0 Å². The number of unbranched alkanes of at least 4 members (excludes halogenated alkanes) is 28. The highest BCUT2D eigenvalue weighted by Gasteiger charge is 2.20. The summed E-state index contributed by atoms with van der Waals surface area (Å²) in [7, 11) is 0. The maximum atomic E-state index is 13.0. The van der Waals surface area contributed by atoms with Crippen LogP contribution in [0.5, 0.6) is 0 Å². The number of amides is 2. The van der Waals surface area contributed by atoms with Gasteiger partial charge < -0.3 is 24.4 Å². The third-order valence-corrected chi connectivity index (χ3v) is 10.4. The first kappa shape index (κ1) is 53.7. The fourth-order valence-corrected chi connectivity index (χ4v) is 6.90. The minimum atomic E-state index is -0.686. The van der Waals surface area contributed by atoms with Crippen molar-refractivity contribution in [3.63, 3.8) is 0 Å². The smallest absolute Gasteiger partial charge is 0.408 e. The Morgan fingerprint density at radius 1 is 0.446 bits per heavy atom. The first-order valence-electron chi connectivity index (χ1n) is 23.6. The Bertz CT molecular complexity index is 884. The first-order chi connectivity index (χ1) is 27.1. The van der Waals surface area contributed by atoms with Crippen molar-refractivity contribution < 1.29 is 33.4 Å². The van der Waals surface area contributed by atoms with Crippen LogP contribution in [-0.2, 0) is 28.6 Å². The summed E-state index contributed by atoms with van der Waals surface area (Å²) in [6.07, 6.45) is 38.1. The Hall–Kier alpha value is -2.32. The molecule has 0 aromatic carbocycles. The molecule has 0 fully saturated rings. The van der Waals surface area contributed by atoms with Gasteiger partial charge in [-0.25, -0.2) is 4.79 Å². The van der Waals surface area contributed by atoms with Crippen molar-refractivity contribution in [3.8, 4) is 0 Å². The fraction of sp³-hybridized carbons (Fsp3) is 0.915. The highest BCUT2D eigenvalue weighted by atomic mass is 16.6. The quantitative estimate of drug-likeness (QED) is 0.0373. The van der Waals surface area contributed by atoms with Crippen LogP contribution in [0, 0.1) is 0 Å². The Morgan fingerprint density at radius 2 is 0.732 bits per heavy atom. The van der Waals surface area contributed by atoms with E-state index in [1.807, 2.05) is 0 Å². The zero-order valence-electron chi connectivity index (χ0n) is 37.5. The van der Waals surface area contributed by atoms with E-state index in [9.17, 15) is 19.2 Å². The molecule has 0 aromatic heterocycles. The summed E-state index contributed by atoms with van der Waals surface area (Å²) in [5, 5.41) is 2.49. The number of carbonyl (C=O) groups is 4. The van der Waals surface area contributed by atoms with Gasteiger partial charge in [0.1, 0.15) is 25.4 Å². The summed E-state index contributed by atoms with van der Waals surface area (Å²) < 4.78 is 16.1. The number of hydrogen-bond acceptors (Lipinski definition) is 7. The lowest BCUT2D eigenvalue weighted by Gasteiger charge is -2.24. The van der Waals surface area contributed by atoms with E-state index in [0.717, 1.165) is 38.5 Å². The number of esters is 2. The number of nitrogens with zero attached hydrogens (tertiary/aromatic N) is 1. The van der Waals surface area contributed by atoms with Crippen LogP contribution in [0.25, 0.3) is 0 Å². The van der Waals surface area contributed by atoms with Crippen molar-refractivity contribution in [2.45, 2.75) is 246 Å². The maximum absolute atomic E-state index is 13.0. The molecule has 330 valence electrons. The third-order valence-electron chi connectivity index (χ3n) is 10.4.